The van der Waals surface area contributed by atoms with E-state index in [4.69, 9.17) is 9.84 Å². The molecule has 4 nitrogen and oxygen atoms in total. The number of carboxylic acid groups (broad SMARTS) is 1. The lowest BCUT2D eigenvalue weighted by Crippen LogP contribution is -2.18. The molecule has 0 saturated heterocycles. The molecule has 0 aromatic carbocycles. The fourth-order valence-corrected chi connectivity index (χ4v) is 5.18. The SMILES string of the molecule is CCCCCCCC/C=C\CCCCCCCCCC(=O)OC(CCCCCCC)CCCCCCC(=O)O. The molecule has 1 N–H and O–H groups in total. The van der Waals surface area contributed by atoms with Gasteiger partial charge in [-0.3, -0.25) is 9.59 Å². The molecule has 1 atom stereocenters. The molecule has 0 bridgehead atoms. The predicted molar refractivity (Wildman–Crippen MR) is 167 cm³/mol. The molecule has 0 amide bonds. The molecule has 0 aromatic heterocycles. The Labute approximate surface area is 243 Å². The minimum atomic E-state index is -0.712. The smallest absolute Gasteiger partial charge is 0.306 e. The highest BCUT2D eigenvalue weighted by molar-refractivity contribution is 5.69. The zero-order valence-electron chi connectivity index (χ0n) is 26.2. The van der Waals surface area contributed by atoms with Crippen LogP contribution in [-0.2, 0) is 14.3 Å². The van der Waals surface area contributed by atoms with Crippen molar-refractivity contribution in [2.45, 2.75) is 200 Å². The Bertz CT molecular complexity index is 557. The summed E-state index contributed by atoms with van der Waals surface area (Å²) in [5.41, 5.74) is 0. The van der Waals surface area contributed by atoms with Crippen molar-refractivity contribution in [2.75, 3.05) is 0 Å². The average Bonchev–Trinajstić information content (AvgIpc) is 2.91. The van der Waals surface area contributed by atoms with Gasteiger partial charge in [0.05, 0.1) is 0 Å². The number of rotatable bonds is 31. The molecule has 0 aliphatic carbocycles. The quantitative estimate of drug-likeness (QED) is 0.0529. The molecule has 0 aromatic rings. The number of esters is 1. The Morgan fingerprint density at radius 1 is 0.538 bits per heavy atom. The van der Waals surface area contributed by atoms with Crippen LogP contribution in [0.3, 0.4) is 0 Å². The molecule has 0 rings (SSSR count). The van der Waals surface area contributed by atoms with E-state index in [9.17, 15) is 9.59 Å². The molecular formula is C35H66O4. The summed E-state index contributed by atoms with van der Waals surface area (Å²) in [6, 6.07) is 0. The molecule has 0 aliphatic rings. The molecule has 0 fully saturated rings. The maximum absolute atomic E-state index is 12.5. The number of carboxylic acids is 1. The molecule has 0 saturated carbocycles. The second kappa shape index (κ2) is 31.2. The number of aliphatic carboxylic acids is 1. The predicted octanol–water partition coefficient (Wildman–Crippen LogP) is 11.5. The first-order valence-electron chi connectivity index (χ1n) is 17.2. The fourth-order valence-electron chi connectivity index (χ4n) is 5.18. The molecular weight excluding hydrogens is 484 g/mol. The van der Waals surface area contributed by atoms with Crippen molar-refractivity contribution in [1.29, 1.82) is 0 Å². The second-order valence-corrected chi connectivity index (χ2v) is 11.7. The fraction of sp³-hybridized carbons (Fsp3) is 0.886. The summed E-state index contributed by atoms with van der Waals surface area (Å²) in [5.74, 6) is -0.733. The number of carbonyl (C=O) groups is 2. The van der Waals surface area contributed by atoms with Crippen LogP contribution < -0.4 is 0 Å². The summed E-state index contributed by atoms with van der Waals surface area (Å²) in [5, 5.41) is 8.77. The number of carbonyl (C=O) groups excluding carboxylic acids is 1. The first-order chi connectivity index (χ1) is 19.1. The number of hydrogen-bond donors (Lipinski definition) is 1. The number of ether oxygens (including phenoxy) is 1. The monoisotopic (exact) mass is 550 g/mol. The topological polar surface area (TPSA) is 63.6 Å². The second-order valence-electron chi connectivity index (χ2n) is 11.7. The normalized spacial score (nSPS) is 12.3. The van der Waals surface area contributed by atoms with Crippen LogP contribution in [0.4, 0.5) is 0 Å². The summed E-state index contributed by atoms with van der Waals surface area (Å²) < 4.78 is 5.89. The summed E-state index contributed by atoms with van der Waals surface area (Å²) in [6.07, 6.45) is 36.6. The Kier molecular flexibility index (Phi) is 30.2. The molecule has 0 spiro atoms. The number of allylic oxidation sites excluding steroid dienone is 2. The lowest BCUT2D eigenvalue weighted by Gasteiger charge is -2.18. The van der Waals surface area contributed by atoms with Crippen molar-refractivity contribution in [3.63, 3.8) is 0 Å². The third-order valence-corrected chi connectivity index (χ3v) is 7.74. The van der Waals surface area contributed by atoms with Gasteiger partial charge in [-0.05, 0) is 64.2 Å². The molecule has 0 heterocycles. The summed E-state index contributed by atoms with van der Waals surface area (Å²) in [7, 11) is 0. The zero-order valence-corrected chi connectivity index (χ0v) is 26.2. The first-order valence-corrected chi connectivity index (χ1v) is 17.2. The summed E-state index contributed by atoms with van der Waals surface area (Å²) in [6.45, 7) is 4.50. The lowest BCUT2D eigenvalue weighted by atomic mass is 10.0. The van der Waals surface area contributed by atoms with Gasteiger partial charge in [-0.2, -0.15) is 0 Å². The van der Waals surface area contributed by atoms with Crippen LogP contribution in [0, 0.1) is 0 Å². The van der Waals surface area contributed by atoms with Crippen LogP contribution in [0.2, 0.25) is 0 Å². The van der Waals surface area contributed by atoms with Crippen LogP contribution in [0.1, 0.15) is 194 Å². The summed E-state index contributed by atoms with van der Waals surface area (Å²) >= 11 is 0. The van der Waals surface area contributed by atoms with Gasteiger partial charge in [0.2, 0.25) is 0 Å². The van der Waals surface area contributed by atoms with Gasteiger partial charge >= 0.3 is 11.9 Å². The minimum absolute atomic E-state index is 0.0211. The molecule has 230 valence electrons. The van der Waals surface area contributed by atoms with Crippen molar-refractivity contribution in [1.82, 2.24) is 0 Å². The van der Waals surface area contributed by atoms with Gasteiger partial charge in [-0.25, -0.2) is 0 Å². The average molecular weight is 551 g/mol. The van der Waals surface area contributed by atoms with E-state index in [1.165, 1.54) is 109 Å². The van der Waals surface area contributed by atoms with Crippen molar-refractivity contribution in [3.8, 4) is 0 Å². The minimum Gasteiger partial charge on any atom is -0.481 e. The molecule has 1 unspecified atom stereocenters. The van der Waals surface area contributed by atoms with E-state index in [2.05, 4.69) is 26.0 Å². The molecule has 0 radical (unpaired) electrons. The van der Waals surface area contributed by atoms with Crippen LogP contribution in [0.25, 0.3) is 0 Å². The zero-order chi connectivity index (χ0) is 28.7. The Balaban J connectivity index is 3.79. The third-order valence-electron chi connectivity index (χ3n) is 7.74. The largest absolute Gasteiger partial charge is 0.481 e. The van der Waals surface area contributed by atoms with Gasteiger partial charge in [0.1, 0.15) is 6.10 Å². The summed E-state index contributed by atoms with van der Waals surface area (Å²) in [4.78, 5) is 23.1. The van der Waals surface area contributed by atoms with E-state index < -0.39 is 5.97 Å². The van der Waals surface area contributed by atoms with Crippen molar-refractivity contribution in [3.05, 3.63) is 12.2 Å². The highest BCUT2D eigenvalue weighted by atomic mass is 16.5. The maximum atomic E-state index is 12.5. The van der Waals surface area contributed by atoms with E-state index in [0.717, 1.165) is 57.8 Å². The van der Waals surface area contributed by atoms with Crippen molar-refractivity contribution >= 4 is 11.9 Å². The maximum Gasteiger partial charge on any atom is 0.306 e. The lowest BCUT2D eigenvalue weighted by molar-refractivity contribution is -0.150. The van der Waals surface area contributed by atoms with Gasteiger partial charge in [0.15, 0.2) is 0 Å². The Morgan fingerprint density at radius 3 is 1.38 bits per heavy atom. The van der Waals surface area contributed by atoms with Crippen LogP contribution in [0.5, 0.6) is 0 Å². The highest BCUT2D eigenvalue weighted by Crippen LogP contribution is 2.18. The Hall–Kier alpha value is -1.32. The number of unbranched alkanes of at least 4 members (excludes halogenated alkanes) is 20. The Morgan fingerprint density at radius 2 is 0.923 bits per heavy atom. The molecule has 39 heavy (non-hydrogen) atoms. The van der Waals surface area contributed by atoms with Gasteiger partial charge in [-0.15, -0.1) is 0 Å². The van der Waals surface area contributed by atoms with E-state index in [1.807, 2.05) is 0 Å². The highest BCUT2D eigenvalue weighted by Gasteiger charge is 2.14. The number of hydrogen-bond acceptors (Lipinski definition) is 3. The van der Waals surface area contributed by atoms with E-state index in [-0.39, 0.29) is 18.5 Å². The molecule has 0 aliphatic heterocycles. The van der Waals surface area contributed by atoms with Crippen molar-refractivity contribution < 1.29 is 19.4 Å². The van der Waals surface area contributed by atoms with Crippen LogP contribution in [0.15, 0.2) is 12.2 Å². The van der Waals surface area contributed by atoms with Crippen molar-refractivity contribution in [2.24, 2.45) is 0 Å². The van der Waals surface area contributed by atoms with E-state index in [1.54, 1.807) is 0 Å². The van der Waals surface area contributed by atoms with Gasteiger partial charge in [0, 0.05) is 12.8 Å². The van der Waals surface area contributed by atoms with Crippen LogP contribution >= 0.6 is 0 Å². The van der Waals surface area contributed by atoms with Gasteiger partial charge < -0.3 is 9.84 Å². The van der Waals surface area contributed by atoms with Gasteiger partial charge in [0.25, 0.3) is 0 Å². The standard InChI is InChI=1S/C35H66O4/c1-3-5-7-9-10-11-12-13-14-15-16-17-18-19-20-22-28-32-35(38)39-33(29-25-21-8-6-4-2)30-26-23-24-27-31-34(36)37/h13-14,33H,3-12,15-32H2,1-2H3,(H,36,37)/b14-13-. The van der Waals surface area contributed by atoms with E-state index >= 15 is 0 Å². The molecule has 4 heteroatoms. The first kappa shape index (κ1) is 37.7. The van der Waals surface area contributed by atoms with Gasteiger partial charge in [-0.1, -0.05) is 129 Å². The van der Waals surface area contributed by atoms with Crippen LogP contribution in [-0.4, -0.2) is 23.1 Å². The third kappa shape index (κ3) is 31.1. The van der Waals surface area contributed by atoms with E-state index in [0.29, 0.717) is 6.42 Å².